The second-order valence-corrected chi connectivity index (χ2v) is 7.67. The van der Waals surface area contributed by atoms with Crippen LogP contribution in [0.1, 0.15) is 13.8 Å². The van der Waals surface area contributed by atoms with Crippen molar-refractivity contribution in [3.05, 3.63) is 58.6 Å². The number of anilines is 2. The Bertz CT molecular complexity index is 1060. The van der Waals surface area contributed by atoms with E-state index in [2.05, 4.69) is 46.4 Å². The third-order valence-corrected chi connectivity index (χ3v) is 5.78. The van der Waals surface area contributed by atoms with E-state index in [1.807, 2.05) is 23.7 Å². The Balaban J connectivity index is 1.63. The van der Waals surface area contributed by atoms with E-state index in [0.29, 0.717) is 16.7 Å². The maximum Gasteiger partial charge on any atom is 0.271 e. The van der Waals surface area contributed by atoms with Gasteiger partial charge in [-0.2, -0.15) is 0 Å². The van der Waals surface area contributed by atoms with Crippen LogP contribution >= 0.6 is 11.8 Å². The highest BCUT2D eigenvalue weighted by Gasteiger charge is 2.14. The average Bonchev–Trinajstić information content (AvgIpc) is 3.14. The SMILES string of the molecule is CCN(CC)c1ccc(-c2nnc(SCC(=O)Nc3cccc([N+](=O)[O-])c3)n2C)cc1. The molecule has 1 aromatic heterocycles. The second kappa shape index (κ2) is 10.1. The predicted octanol–water partition coefficient (Wildman–Crippen LogP) is 3.97. The van der Waals surface area contributed by atoms with Gasteiger partial charge >= 0.3 is 0 Å². The van der Waals surface area contributed by atoms with Crippen molar-refractivity contribution in [1.82, 2.24) is 14.8 Å². The highest BCUT2D eigenvalue weighted by molar-refractivity contribution is 7.99. The minimum absolute atomic E-state index is 0.0737. The van der Waals surface area contributed by atoms with Gasteiger partial charge in [0.05, 0.1) is 10.7 Å². The van der Waals surface area contributed by atoms with Crippen molar-refractivity contribution in [3.8, 4) is 11.4 Å². The van der Waals surface area contributed by atoms with Gasteiger partial charge in [0.1, 0.15) is 0 Å². The minimum atomic E-state index is -0.500. The van der Waals surface area contributed by atoms with Crippen molar-refractivity contribution in [2.24, 2.45) is 7.05 Å². The number of hydrogen-bond acceptors (Lipinski definition) is 7. The molecule has 10 heteroatoms. The number of benzene rings is 2. The molecule has 0 aliphatic heterocycles. The molecule has 3 aromatic rings. The molecule has 0 atom stereocenters. The van der Waals surface area contributed by atoms with Gasteiger partial charge < -0.3 is 14.8 Å². The molecule has 0 radical (unpaired) electrons. The number of nitro groups is 1. The number of aromatic nitrogens is 3. The fourth-order valence-corrected chi connectivity index (χ4v) is 3.84. The Kier molecular flexibility index (Phi) is 7.24. The van der Waals surface area contributed by atoms with Crippen LogP contribution in [0.4, 0.5) is 17.1 Å². The van der Waals surface area contributed by atoms with Crippen LogP contribution in [0, 0.1) is 10.1 Å². The van der Waals surface area contributed by atoms with Gasteiger partial charge in [-0.25, -0.2) is 0 Å². The Hall–Kier alpha value is -3.40. The molecular formula is C21H24N6O3S. The zero-order chi connectivity index (χ0) is 22.4. The van der Waals surface area contributed by atoms with Gasteiger partial charge in [-0.05, 0) is 44.2 Å². The lowest BCUT2D eigenvalue weighted by molar-refractivity contribution is -0.384. The fourth-order valence-electron chi connectivity index (χ4n) is 3.13. The summed E-state index contributed by atoms with van der Waals surface area (Å²) in [5.41, 5.74) is 2.41. The number of hydrogen-bond donors (Lipinski definition) is 1. The second-order valence-electron chi connectivity index (χ2n) is 6.73. The van der Waals surface area contributed by atoms with E-state index >= 15 is 0 Å². The first-order valence-corrected chi connectivity index (χ1v) is 10.8. The monoisotopic (exact) mass is 440 g/mol. The largest absolute Gasteiger partial charge is 0.372 e. The third kappa shape index (κ3) is 5.40. The third-order valence-electron chi connectivity index (χ3n) is 4.76. The van der Waals surface area contributed by atoms with Crippen LogP contribution in [0.5, 0.6) is 0 Å². The number of nitrogens with zero attached hydrogens (tertiary/aromatic N) is 5. The van der Waals surface area contributed by atoms with Gasteiger partial charge in [-0.3, -0.25) is 14.9 Å². The number of carbonyl (C=O) groups excluding carboxylic acids is 1. The summed E-state index contributed by atoms with van der Waals surface area (Å²) in [7, 11) is 1.86. The first-order valence-electron chi connectivity index (χ1n) is 9.84. The molecule has 0 fully saturated rings. The number of non-ortho nitro benzene ring substituents is 1. The summed E-state index contributed by atoms with van der Waals surface area (Å²) < 4.78 is 1.84. The number of nitro benzene ring substituents is 1. The molecule has 0 bridgehead atoms. The maximum absolute atomic E-state index is 12.2. The molecule has 1 amide bonds. The van der Waals surface area contributed by atoms with Gasteiger partial charge in [0.15, 0.2) is 11.0 Å². The summed E-state index contributed by atoms with van der Waals surface area (Å²) in [5.74, 6) is 0.543. The fraction of sp³-hybridized carbons (Fsp3) is 0.286. The zero-order valence-corrected chi connectivity index (χ0v) is 18.4. The normalized spacial score (nSPS) is 10.7. The molecular weight excluding hydrogens is 416 g/mol. The van der Waals surface area contributed by atoms with Gasteiger partial charge in [0, 0.05) is 49.2 Å². The van der Waals surface area contributed by atoms with E-state index in [1.165, 1.54) is 30.0 Å². The minimum Gasteiger partial charge on any atom is -0.372 e. The summed E-state index contributed by atoms with van der Waals surface area (Å²) in [4.78, 5) is 24.9. The summed E-state index contributed by atoms with van der Waals surface area (Å²) in [6.45, 7) is 6.13. The van der Waals surface area contributed by atoms with E-state index in [9.17, 15) is 14.9 Å². The molecule has 0 unspecified atom stereocenters. The van der Waals surface area contributed by atoms with Crippen molar-refractivity contribution < 1.29 is 9.72 Å². The van der Waals surface area contributed by atoms with Crippen molar-refractivity contribution >= 4 is 34.7 Å². The first-order chi connectivity index (χ1) is 14.9. The number of rotatable bonds is 9. The van der Waals surface area contributed by atoms with Crippen molar-refractivity contribution in [2.75, 3.05) is 29.1 Å². The van der Waals surface area contributed by atoms with E-state index in [4.69, 9.17) is 0 Å². The van der Waals surface area contributed by atoms with Gasteiger partial charge in [0.2, 0.25) is 5.91 Å². The molecule has 0 spiro atoms. The Morgan fingerprint density at radius 1 is 1.16 bits per heavy atom. The van der Waals surface area contributed by atoms with Crippen LogP contribution in [0.15, 0.2) is 53.7 Å². The van der Waals surface area contributed by atoms with Crippen LogP contribution < -0.4 is 10.2 Å². The lowest BCUT2D eigenvalue weighted by Gasteiger charge is -2.21. The lowest BCUT2D eigenvalue weighted by atomic mass is 10.2. The van der Waals surface area contributed by atoms with Crippen LogP contribution in [-0.2, 0) is 11.8 Å². The number of thioether (sulfide) groups is 1. The van der Waals surface area contributed by atoms with E-state index in [0.717, 1.165) is 24.3 Å². The molecule has 0 aliphatic rings. The molecule has 1 heterocycles. The predicted molar refractivity (Wildman–Crippen MR) is 122 cm³/mol. The van der Waals surface area contributed by atoms with Crippen LogP contribution in [0.2, 0.25) is 0 Å². The average molecular weight is 441 g/mol. The highest BCUT2D eigenvalue weighted by atomic mass is 32.2. The highest BCUT2D eigenvalue weighted by Crippen LogP contribution is 2.25. The summed E-state index contributed by atoms with van der Waals surface area (Å²) in [6, 6.07) is 14.0. The molecule has 0 aliphatic carbocycles. The Labute approximate surface area is 184 Å². The molecule has 162 valence electrons. The van der Waals surface area contributed by atoms with Gasteiger partial charge in [0.25, 0.3) is 5.69 Å². The van der Waals surface area contributed by atoms with Gasteiger partial charge in [-0.15, -0.1) is 10.2 Å². The topological polar surface area (TPSA) is 106 Å². The van der Waals surface area contributed by atoms with Crippen LogP contribution in [0.3, 0.4) is 0 Å². The van der Waals surface area contributed by atoms with E-state index < -0.39 is 4.92 Å². The lowest BCUT2D eigenvalue weighted by Crippen LogP contribution is -2.21. The first kappa shape index (κ1) is 22.3. The number of carbonyl (C=O) groups is 1. The molecule has 2 aromatic carbocycles. The molecule has 3 rings (SSSR count). The van der Waals surface area contributed by atoms with Crippen molar-refractivity contribution in [2.45, 2.75) is 19.0 Å². The van der Waals surface area contributed by atoms with Crippen LogP contribution in [0.25, 0.3) is 11.4 Å². The summed E-state index contributed by atoms with van der Waals surface area (Å²) in [6.07, 6.45) is 0. The Morgan fingerprint density at radius 2 is 1.87 bits per heavy atom. The zero-order valence-electron chi connectivity index (χ0n) is 17.6. The van der Waals surface area contributed by atoms with E-state index in [-0.39, 0.29) is 17.3 Å². The maximum atomic E-state index is 12.2. The van der Waals surface area contributed by atoms with Crippen molar-refractivity contribution in [1.29, 1.82) is 0 Å². The molecule has 1 N–H and O–H groups in total. The van der Waals surface area contributed by atoms with Gasteiger partial charge in [-0.1, -0.05) is 17.8 Å². The van der Waals surface area contributed by atoms with Crippen LogP contribution in [-0.4, -0.2) is 44.4 Å². The summed E-state index contributed by atoms with van der Waals surface area (Å²) >= 11 is 1.25. The number of nitrogens with one attached hydrogen (secondary N) is 1. The standard InChI is InChI=1S/C21H24N6O3S/c1-4-26(5-2)17-11-9-15(10-12-17)20-23-24-21(25(20)3)31-14-19(28)22-16-7-6-8-18(13-16)27(29)30/h6-13H,4-5,14H2,1-3H3,(H,22,28). The molecule has 0 saturated carbocycles. The number of amides is 1. The summed E-state index contributed by atoms with van der Waals surface area (Å²) in [5, 5.41) is 22.6. The molecule has 0 saturated heterocycles. The Morgan fingerprint density at radius 3 is 2.52 bits per heavy atom. The van der Waals surface area contributed by atoms with Crippen molar-refractivity contribution in [3.63, 3.8) is 0 Å². The molecule has 9 nitrogen and oxygen atoms in total. The smallest absolute Gasteiger partial charge is 0.271 e. The van der Waals surface area contributed by atoms with E-state index in [1.54, 1.807) is 6.07 Å². The molecule has 31 heavy (non-hydrogen) atoms. The quantitative estimate of drug-likeness (QED) is 0.305.